The van der Waals surface area contributed by atoms with Gasteiger partial charge in [-0.15, -0.1) is 0 Å². The number of aryl methyl sites for hydroxylation is 1. The summed E-state index contributed by atoms with van der Waals surface area (Å²) in [6.07, 6.45) is 3.87. The number of unbranched alkanes of at least 4 members (excludes halogenated alkanes) is 3. The molecule has 1 aliphatic rings. The molecule has 0 atom stereocenters. The molecule has 0 saturated heterocycles. The minimum Gasteiger partial charge on any atom is -1.00 e. The summed E-state index contributed by atoms with van der Waals surface area (Å²) >= 11 is 0. The number of hydrogen-bond donors (Lipinski definition) is 1. The average Bonchev–Trinajstić information content (AvgIpc) is 3.15. The van der Waals surface area contributed by atoms with Gasteiger partial charge in [-0.2, -0.15) is 4.57 Å². The predicted octanol–water partition coefficient (Wildman–Crippen LogP) is 1.93. The lowest BCUT2D eigenvalue weighted by Gasteiger charge is -2.14. The molecule has 3 aromatic carbocycles. The van der Waals surface area contributed by atoms with Crippen molar-refractivity contribution in [2.45, 2.75) is 38.8 Å². The summed E-state index contributed by atoms with van der Waals surface area (Å²) in [5, 5.41) is 5.75. The highest BCUT2D eigenvalue weighted by Gasteiger charge is 2.34. The van der Waals surface area contributed by atoms with Crippen LogP contribution in [0.1, 0.15) is 52.0 Å². The summed E-state index contributed by atoms with van der Waals surface area (Å²) in [6.45, 7) is 2.24. The van der Waals surface area contributed by atoms with E-state index in [9.17, 15) is 9.59 Å². The fraction of sp³-hybridized carbons (Fsp3) is 0.323. The standard InChI is InChI=1S/C31H35N4O2.BrH/c1-32-21-22-12-13-23-19-24-14-15-25(33(2)3)20-29(24)34(28(23)18-22)16-8-4-5-9-17-35-30(36)26-10-6-7-11-27(26)31(35)37;/h6-7,10-15,18-20,32H,4-5,8-9,16-17,21H2,1-3H3;1H/q+1;/p-1. The summed E-state index contributed by atoms with van der Waals surface area (Å²) in [7, 11) is 6.13. The second-order valence-corrected chi connectivity index (χ2v) is 10.1. The zero-order valence-corrected chi connectivity index (χ0v) is 23.9. The average molecular weight is 576 g/mol. The van der Waals surface area contributed by atoms with Gasteiger partial charge in [0.1, 0.15) is 6.54 Å². The van der Waals surface area contributed by atoms with Gasteiger partial charge in [-0.1, -0.05) is 24.6 Å². The SMILES string of the molecule is CNCc1ccc2cc3ccc(N(C)C)cc3[n+](CCCCCCN3C(=O)c4ccccc4C3=O)c2c1.[Br-]. The van der Waals surface area contributed by atoms with E-state index in [1.165, 1.54) is 38.0 Å². The molecule has 0 fully saturated rings. The lowest BCUT2D eigenvalue weighted by molar-refractivity contribution is -0.645. The van der Waals surface area contributed by atoms with Crippen LogP contribution in [-0.4, -0.2) is 44.4 Å². The minimum absolute atomic E-state index is 0. The number of nitrogens with one attached hydrogen (secondary N) is 1. The molecule has 0 unspecified atom stereocenters. The van der Waals surface area contributed by atoms with Crippen LogP contribution in [0.5, 0.6) is 0 Å². The van der Waals surface area contributed by atoms with E-state index in [0.29, 0.717) is 17.7 Å². The van der Waals surface area contributed by atoms with E-state index in [2.05, 4.69) is 71.3 Å². The number of pyridine rings is 1. The molecule has 38 heavy (non-hydrogen) atoms. The van der Waals surface area contributed by atoms with Crippen LogP contribution in [-0.2, 0) is 13.1 Å². The molecule has 0 saturated carbocycles. The maximum absolute atomic E-state index is 12.6. The van der Waals surface area contributed by atoms with Crippen LogP contribution < -0.4 is 31.8 Å². The van der Waals surface area contributed by atoms with Crippen molar-refractivity contribution in [1.29, 1.82) is 0 Å². The molecule has 5 rings (SSSR count). The van der Waals surface area contributed by atoms with Crippen molar-refractivity contribution in [3.05, 3.63) is 83.4 Å². The largest absolute Gasteiger partial charge is 1.00 e. The van der Waals surface area contributed by atoms with Crippen molar-refractivity contribution in [2.24, 2.45) is 0 Å². The maximum Gasteiger partial charge on any atom is 0.261 e. The Kier molecular flexibility index (Phi) is 8.80. The Morgan fingerprint density at radius 3 is 2.08 bits per heavy atom. The minimum atomic E-state index is -0.160. The Bertz CT molecular complexity index is 1450. The first-order valence-corrected chi connectivity index (χ1v) is 13.1. The predicted molar refractivity (Wildman–Crippen MR) is 149 cm³/mol. The van der Waals surface area contributed by atoms with Gasteiger partial charge >= 0.3 is 0 Å². The fourth-order valence-corrected chi connectivity index (χ4v) is 5.30. The lowest BCUT2D eigenvalue weighted by atomic mass is 10.1. The van der Waals surface area contributed by atoms with Gasteiger partial charge in [0.05, 0.1) is 11.1 Å². The van der Waals surface area contributed by atoms with Crippen molar-refractivity contribution in [2.75, 3.05) is 32.6 Å². The molecular formula is C31H35BrN4O2. The molecule has 2 amide bonds. The highest BCUT2D eigenvalue weighted by Crippen LogP contribution is 2.25. The fourth-order valence-electron chi connectivity index (χ4n) is 5.30. The summed E-state index contributed by atoms with van der Waals surface area (Å²) in [5.74, 6) is -0.320. The number of rotatable bonds is 10. The third-order valence-electron chi connectivity index (χ3n) is 7.29. The van der Waals surface area contributed by atoms with Gasteiger partial charge in [0, 0.05) is 62.2 Å². The molecule has 0 spiro atoms. The number of aromatic nitrogens is 1. The number of halogens is 1. The van der Waals surface area contributed by atoms with E-state index in [0.717, 1.165) is 38.8 Å². The Balaban J connectivity index is 0.00000336. The molecule has 6 nitrogen and oxygen atoms in total. The van der Waals surface area contributed by atoms with Crippen molar-refractivity contribution in [1.82, 2.24) is 10.2 Å². The van der Waals surface area contributed by atoms with Crippen LogP contribution in [0.2, 0.25) is 0 Å². The summed E-state index contributed by atoms with van der Waals surface area (Å²) in [6, 6.07) is 22.8. The van der Waals surface area contributed by atoms with Gasteiger partial charge in [-0.25, -0.2) is 0 Å². The number of benzene rings is 3. The third-order valence-corrected chi connectivity index (χ3v) is 7.29. The van der Waals surface area contributed by atoms with Crippen molar-refractivity contribution >= 4 is 39.3 Å². The Morgan fingerprint density at radius 2 is 1.42 bits per heavy atom. The molecule has 2 heterocycles. The topological polar surface area (TPSA) is 56.5 Å². The molecular weight excluding hydrogens is 540 g/mol. The zero-order chi connectivity index (χ0) is 25.9. The van der Waals surface area contributed by atoms with Crippen molar-refractivity contribution in [3.8, 4) is 0 Å². The molecule has 1 aliphatic heterocycles. The number of carbonyl (C=O) groups excluding carboxylic acids is 2. The molecule has 0 aliphatic carbocycles. The van der Waals surface area contributed by atoms with Crippen LogP contribution in [0.3, 0.4) is 0 Å². The van der Waals surface area contributed by atoms with Gasteiger partial charge in [-0.3, -0.25) is 14.5 Å². The van der Waals surface area contributed by atoms with Crippen LogP contribution in [0.25, 0.3) is 21.8 Å². The number of nitrogens with zero attached hydrogens (tertiary/aromatic N) is 3. The van der Waals surface area contributed by atoms with Gasteiger partial charge in [0.25, 0.3) is 11.8 Å². The number of fused-ring (bicyclic) bond motifs is 3. The summed E-state index contributed by atoms with van der Waals surface area (Å²) in [5.41, 5.74) is 6.01. The van der Waals surface area contributed by atoms with Gasteiger partial charge in [0.2, 0.25) is 11.0 Å². The summed E-state index contributed by atoms with van der Waals surface area (Å²) < 4.78 is 2.46. The first-order valence-electron chi connectivity index (χ1n) is 13.1. The zero-order valence-electron chi connectivity index (χ0n) is 22.3. The van der Waals surface area contributed by atoms with Gasteiger partial charge in [-0.05, 0) is 61.9 Å². The lowest BCUT2D eigenvalue weighted by Crippen LogP contribution is -3.00. The van der Waals surface area contributed by atoms with Crippen molar-refractivity contribution < 1.29 is 31.1 Å². The van der Waals surface area contributed by atoms with E-state index in [1.54, 1.807) is 12.1 Å². The highest BCUT2D eigenvalue weighted by atomic mass is 79.9. The normalized spacial score (nSPS) is 12.8. The highest BCUT2D eigenvalue weighted by molar-refractivity contribution is 6.21. The van der Waals surface area contributed by atoms with Crippen LogP contribution >= 0.6 is 0 Å². The smallest absolute Gasteiger partial charge is 0.261 e. The number of hydrogen-bond acceptors (Lipinski definition) is 4. The first kappa shape index (κ1) is 27.7. The summed E-state index contributed by atoms with van der Waals surface area (Å²) in [4.78, 5) is 28.8. The van der Waals surface area contributed by atoms with Crippen LogP contribution in [0.15, 0.2) is 66.7 Å². The third kappa shape index (κ3) is 5.45. The van der Waals surface area contributed by atoms with Crippen molar-refractivity contribution in [3.63, 3.8) is 0 Å². The number of carbonyl (C=O) groups is 2. The Morgan fingerprint density at radius 1 is 0.789 bits per heavy atom. The van der Waals surface area contributed by atoms with E-state index >= 15 is 0 Å². The first-order chi connectivity index (χ1) is 18.0. The number of imide groups is 1. The molecule has 4 aromatic rings. The van der Waals surface area contributed by atoms with Gasteiger partial charge < -0.3 is 27.2 Å². The van der Waals surface area contributed by atoms with E-state index in [1.807, 2.05) is 19.2 Å². The van der Waals surface area contributed by atoms with E-state index in [4.69, 9.17) is 0 Å². The molecule has 198 valence electrons. The van der Waals surface area contributed by atoms with Gasteiger partial charge in [0.15, 0.2) is 0 Å². The van der Waals surface area contributed by atoms with Crippen LogP contribution in [0, 0.1) is 0 Å². The molecule has 0 bridgehead atoms. The molecule has 1 N–H and O–H groups in total. The quantitative estimate of drug-likeness (QED) is 0.136. The molecule has 7 heteroatoms. The van der Waals surface area contributed by atoms with E-state index in [-0.39, 0.29) is 28.8 Å². The number of anilines is 1. The Hall–Kier alpha value is -3.29. The second kappa shape index (κ2) is 12.0. The van der Waals surface area contributed by atoms with E-state index < -0.39 is 0 Å². The monoisotopic (exact) mass is 574 g/mol. The maximum atomic E-state index is 12.6. The second-order valence-electron chi connectivity index (χ2n) is 10.1. The number of amides is 2. The Labute approximate surface area is 235 Å². The molecule has 1 aromatic heterocycles. The molecule has 0 radical (unpaired) electrons. The van der Waals surface area contributed by atoms with Crippen LogP contribution in [0.4, 0.5) is 5.69 Å².